The Kier molecular flexibility index (Phi) is 4.65. The minimum atomic E-state index is -0.118. The van der Waals surface area contributed by atoms with Gasteiger partial charge in [0.05, 0.1) is 17.5 Å². The molecule has 2 amide bonds. The first-order valence-corrected chi connectivity index (χ1v) is 9.22. The van der Waals surface area contributed by atoms with Crippen molar-refractivity contribution >= 4 is 17.5 Å². The van der Waals surface area contributed by atoms with E-state index in [1.165, 1.54) is 11.8 Å². The van der Waals surface area contributed by atoms with Crippen LogP contribution in [-0.4, -0.2) is 42.4 Å². The first-order valence-electron chi connectivity index (χ1n) is 9.22. The van der Waals surface area contributed by atoms with Crippen LogP contribution in [0.2, 0.25) is 0 Å². The molecule has 0 bridgehead atoms. The molecule has 2 aliphatic heterocycles. The highest BCUT2D eigenvalue weighted by Crippen LogP contribution is 2.26. The maximum absolute atomic E-state index is 12.8. The van der Waals surface area contributed by atoms with Crippen LogP contribution >= 0.6 is 0 Å². The van der Waals surface area contributed by atoms with Crippen molar-refractivity contribution < 1.29 is 14.0 Å². The lowest BCUT2D eigenvalue weighted by Gasteiger charge is -2.33. The Bertz CT molecular complexity index is 801. The van der Waals surface area contributed by atoms with Crippen LogP contribution in [0.4, 0.5) is 5.69 Å². The lowest BCUT2D eigenvalue weighted by atomic mass is 9.98. The van der Waals surface area contributed by atoms with Gasteiger partial charge in [-0.3, -0.25) is 9.59 Å². The van der Waals surface area contributed by atoms with Crippen molar-refractivity contribution in [2.75, 3.05) is 25.0 Å². The molecule has 6 heteroatoms. The van der Waals surface area contributed by atoms with Crippen molar-refractivity contribution in [3.63, 3.8) is 0 Å². The van der Waals surface area contributed by atoms with Crippen molar-refractivity contribution in [3.8, 4) is 0 Å². The van der Waals surface area contributed by atoms with Crippen LogP contribution in [0.15, 0.2) is 41.0 Å². The number of nitrogens with zero attached hydrogens (tertiary/aromatic N) is 1. The van der Waals surface area contributed by atoms with Crippen LogP contribution in [0.25, 0.3) is 0 Å². The lowest BCUT2D eigenvalue weighted by Crippen LogP contribution is -2.49. The van der Waals surface area contributed by atoms with E-state index in [0.717, 1.165) is 37.9 Å². The summed E-state index contributed by atoms with van der Waals surface area (Å²) in [5, 5.41) is 6.47. The number of aryl methyl sites for hydroxylation is 1. The standard InChI is InChI=1S/C20H23N3O3/c24-19(16-8-1-5-14-6-2-10-21-18(14)16)22-15-7-3-11-23(13-15)20(25)17-9-4-12-26-17/h1,4-5,8-9,12,15,21H,2-3,6-7,10-11,13H2,(H,22,24)/t15-/m1/s1. The number of likely N-dealkylation sites (tertiary alicyclic amines) is 1. The Morgan fingerprint density at radius 1 is 1.19 bits per heavy atom. The van der Waals surface area contributed by atoms with Crippen molar-refractivity contribution in [2.24, 2.45) is 0 Å². The van der Waals surface area contributed by atoms with Crippen molar-refractivity contribution in [2.45, 2.75) is 31.7 Å². The number of hydrogen-bond donors (Lipinski definition) is 2. The number of hydrogen-bond acceptors (Lipinski definition) is 4. The molecule has 2 N–H and O–H groups in total. The third-order valence-corrected chi connectivity index (χ3v) is 5.10. The van der Waals surface area contributed by atoms with E-state index in [0.29, 0.717) is 24.4 Å². The van der Waals surface area contributed by atoms with Gasteiger partial charge in [-0.25, -0.2) is 0 Å². The Balaban J connectivity index is 1.44. The van der Waals surface area contributed by atoms with Gasteiger partial charge in [-0.1, -0.05) is 12.1 Å². The highest BCUT2D eigenvalue weighted by atomic mass is 16.3. The molecule has 4 rings (SSSR count). The second-order valence-electron chi connectivity index (χ2n) is 6.91. The third-order valence-electron chi connectivity index (χ3n) is 5.10. The van der Waals surface area contributed by atoms with Crippen molar-refractivity contribution in [1.82, 2.24) is 10.2 Å². The highest BCUT2D eigenvalue weighted by Gasteiger charge is 2.27. The van der Waals surface area contributed by atoms with E-state index in [1.54, 1.807) is 17.0 Å². The van der Waals surface area contributed by atoms with Gasteiger partial charge in [-0.05, 0) is 49.4 Å². The summed E-state index contributed by atoms with van der Waals surface area (Å²) in [7, 11) is 0. The molecular weight excluding hydrogens is 330 g/mol. The zero-order valence-electron chi connectivity index (χ0n) is 14.7. The Morgan fingerprint density at radius 3 is 2.96 bits per heavy atom. The molecule has 26 heavy (non-hydrogen) atoms. The van der Waals surface area contributed by atoms with Gasteiger partial charge < -0.3 is 20.0 Å². The van der Waals surface area contributed by atoms with Crippen LogP contribution < -0.4 is 10.6 Å². The maximum atomic E-state index is 12.8. The molecule has 1 aromatic heterocycles. The Labute approximate surface area is 152 Å². The van der Waals surface area contributed by atoms with Crippen LogP contribution in [-0.2, 0) is 6.42 Å². The Morgan fingerprint density at radius 2 is 2.12 bits per heavy atom. The molecular formula is C20H23N3O3. The monoisotopic (exact) mass is 353 g/mol. The number of rotatable bonds is 3. The summed E-state index contributed by atoms with van der Waals surface area (Å²) in [5.41, 5.74) is 2.84. The van der Waals surface area contributed by atoms with Crippen LogP contribution in [0.5, 0.6) is 0 Å². The SMILES string of the molecule is O=C(N[C@@H]1CCCN(C(=O)c2ccco2)C1)c1cccc2c1NCCC2. The molecule has 0 spiro atoms. The number of benzene rings is 1. The van der Waals surface area contributed by atoms with E-state index >= 15 is 0 Å². The summed E-state index contributed by atoms with van der Waals surface area (Å²) in [6, 6.07) is 9.21. The fourth-order valence-electron chi connectivity index (χ4n) is 3.80. The smallest absolute Gasteiger partial charge is 0.289 e. The summed E-state index contributed by atoms with van der Waals surface area (Å²) >= 11 is 0. The topological polar surface area (TPSA) is 74.6 Å². The Hall–Kier alpha value is -2.76. The lowest BCUT2D eigenvalue weighted by molar-refractivity contribution is 0.0647. The van der Waals surface area contributed by atoms with E-state index in [4.69, 9.17) is 4.42 Å². The summed E-state index contributed by atoms with van der Waals surface area (Å²) < 4.78 is 5.21. The number of fused-ring (bicyclic) bond motifs is 1. The molecule has 2 aromatic rings. The molecule has 3 heterocycles. The number of furan rings is 1. The van der Waals surface area contributed by atoms with E-state index < -0.39 is 0 Å². The van der Waals surface area contributed by atoms with Gasteiger partial charge in [-0.15, -0.1) is 0 Å². The molecule has 0 unspecified atom stereocenters. The second-order valence-corrected chi connectivity index (χ2v) is 6.91. The van der Waals surface area contributed by atoms with Gasteiger partial charge in [0.1, 0.15) is 0 Å². The van der Waals surface area contributed by atoms with E-state index in [-0.39, 0.29) is 17.9 Å². The molecule has 2 aliphatic rings. The molecule has 1 aromatic carbocycles. The molecule has 0 saturated carbocycles. The number of para-hydroxylation sites is 1. The van der Waals surface area contributed by atoms with Gasteiger partial charge in [0.2, 0.25) is 0 Å². The summed E-state index contributed by atoms with van der Waals surface area (Å²) in [5.74, 6) is 0.152. The van der Waals surface area contributed by atoms with Crippen LogP contribution in [0.1, 0.15) is 45.7 Å². The number of carbonyl (C=O) groups excluding carboxylic acids is 2. The molecule has 1 fully saturated rings. The zero-order valence-corrected chi connectivity index (χ0v) is 14.7. The minimum Gasteiger partial charge on any atom is -0.459 e. The number of piperidine rings is 1. The zero-order chi connectivity index (χ0) is 17.9. The van der Waals surface area contributed by atoms with Gasteiger partial charge in [0, 0.05) is 25.7 Å². The minimum absolute atomic E-state index is 0.0467. The van der Waals surface area contributed by atoms with Gasteiger partial charge in [0.15, 0.2) is 5.76 Å². The quantitative estimate of drug-likeness (QED) is 0.890. The molecule has 1 atom stereocenters. The van der Waals surface area contributed by atoms with Gasteiger partial charge >= 0.3 is 0 Å². The summed E-state index contributed by atoms with van der Waals surface area (Å²) in [6.07, 6.45) is 5.32. The van der Waals surface area contributed by atoms with E-state index in [9.17, 15) is 9.59 Å². The van der Waals surface area contributed by atoms with Gasteiger partial charge in [-0.2, -0.15) is 0 Å². The molecule has 0 aliphatic carbocycles. The average Bonchev–Trinajstić information content (AvgIpc) is 3.22. The molecule has 6 nitrogen and oxygen atoms in total. The number of nitrogens with one attached hydrogen (secondary N) is 2. The third kappa shape index (κ3) is 3.31. The second kappa shape index (κ2) is 7.23. The summed E-state index contributed by atoms with van der Waals surface area (Å²) in [4.78, 5) is 27.0. The normalized spacial score (nSPS) is 19.4. The average molecular weight is 353 g/mol. The number of amides is 2. The molecule has 1 saturated heterocycles. The number of carbonyl (C=O) groups is 2. The van der Waals surface area contributed by atoms with Crippen molar-refractivity contribution in [3.05, 3.63) is 53.5 Å². The predicted octanol–water partition coefficient (Wildman–Crippen LogP) is 2.67. The molecule has 136 valence electrons. The largest absolute Gasteiger partial charge is 0.459 e. The fourth-order valence-corrected chi connectivity index (χ4v) is 3.80. The van der Waals surface area contributed by atoms with Gasteiger partial charge in [0.25, 0.3) is 11.8 Å². The highest BCUT2D eigenvalue weighted by molar-refractivity contribution is 6.00. The van der Waals surface area contributed by atoms with E-state index in [1.807, 2.05) is 12.1 Å². The van der Waals surface area contributed by atoms with E-state index in [2.05, 4.69) is 16.7 Å². The van der Waals surface area contributed by atoms with Crippen molar-refractivity contribution in [1.29, 1.82) is 0 Å². The first-order chi connectivity index (χ1) is 12.7. The van der Waals surface area contributed by atoms with Crippen LogP contribution in [0, 0.1) is 0 Å². The first kappa shape index (κ1) is 16.7. The number of anilines is 1. The van der Waals surface area contributed by atoms with Crippen LogP contribution in [0.3, 0.4) is 0 Å². The summed E-state index contributed by atoms with van der Waals surface area (Å²) in [6.45, 7) is 2.09. The molecule has 0 radical (unpaired) electrons. The predicted molar refractivity (Wildman–Crippen MR) is 98.4 cm³/mol. The maximum Gasteiger partial charge on any atom is 0.289 e. The fraction of sp³-hybridized carbons (Fsp3) is 0.400.